The van der Waals surface area contributed by atoms with Gasteiger partial charge in [-0.05, 0) is 113 Å². The molecular formula is C47H86N14O12S2. The van der Waals surface area contributed by atoms with Gasteiger partial charge in [-0.1, -0.05) is 34.1 Å². The number of nitrogens with two attached hydrogens (primary N) is 5. The van der Waals surface area contributed by atoms with Crippen LogP contribution in [-0.2, 0) is 47.9 Å². The maximum Gasteiger partial charge on any atom is 0.326 e. The van der Waals surface area contributed by atoms with Crippen LogP contribution < -0.4 is 65.9 Å². The normalized spacial score (nSPS) is 16.8. The predicted molar refractivity (Wildman–Crippen MR) is 287 cm³/mol. The molecule has 0 spiro atoms. The van der Waals surface area contributed by atoms with Crippen LogP contribution in [0.1, 0.15) is 111 Å². The summed E-state index contributed by atoms with van der Waals surface area (Å²) in [6.07, 6.45) is 5.62. The molecule has 10 atom stereocenters. The van der Waals surface area contributed by atoms with Gasteiger partial charge >= 0.3 is 5.97 Å². The minimum absolute atomic E-state index is 0.0234. The van der Waals surface area contributed by atoms with Crippen LogP contribution >= 0.6 is 23.5 Å². The van der Waals surface area contributed by atoms with Crippen LogP contribution in [0.2, 0.25) is 0 Å². The van der Waals surface area contributed by atoms with Gasteiger partial charge in [-0.25, -0.2) is 4.79 Å². The maximum atomic E-state index is 14.3. The number of aliphatic hydroxyl groups excluding tert-OH is 1. The number of carboxylic acid groups (broad SMARTS) is 1. The number of aliphatic hydroxyl groups is 1. The first-order valence-electron chi connectivity index (χ1n) is 25.5. The van der Waals surface area contributed by atoms with Gasteiger partial charge < -0.3 is 81.0 Å². The highest BCUT2D eigenvalue weighted by atomic mass is 32.2. The molecule has 1 aliphatic heterocycles. The molecule has 26 nitrogen and oxygen atoms in total. The summed E-state index contributed by atoms with van der Waals surface area (Å²) in [5.41, 5.74) is 28.0. The fraction of sp³-hybridized carbons (Fsp3) is 0.766. The number of thioether (sulfide) groups is 2. The third-order valence-corrected chi connectivity index (χ3v) is 13.7. The van der Waals surface area contributed by atoms with Gasteiger partial charge in [0.25, 0.3) is 0 Å². The average Bonchev–Trinajstić information content (AvgIpc) is 3.86. The van der Waals surface area contributed by atoms with Crippen molar-refractivity contribution in [3.63, 3.8) is 0 Å². The summed E-state index contributed by atoms with van der Waals surface area (Å²) >= 11 is 2.89. The number of aliphatic imine (C=N–C) groups is 1. The van der Waals surface area contributed by atoms with Gasteiger partial charge in [0.15, 0.2) is 5.96 Å². The Morgan fingerprint density at radius 3 is 1.76 bits per heavy atom. The second-order valence-corrected chi connectivity index (χ2v) is 21.0. The number of carboxylic acids is 1. The number of amides is 9. The van der Waals surface area contributed by atoms with E-state index in [9.17, 15) is 58.2 Å². The topological polar surface area (TPSA) is 441 Å². The molecule has 428 valence electrons. The van der Waals surface area contributed by atoms with Crippen LogP contribution in [0.25, 0.3) is 0 Å². The number of nitrogens with one attached hydrogen (secondary N) is 7. The van der Waals surface area contributed by atoms with Crippen molar-refractivity contribution in [2.24, 2.45) is 45.5 Å². The lowest BCUT2D eigenvalue weighted by Crippen LogP contribution is -2.61. The average molecular weight is 1100 g/mol. The highest BCUT2D eigenvalue weighted by molar-refractivity contribution is 7.98. The highest BCUT2D eigenvalue weighted by Gasteiger charge is 2.40. The van der Waals surface area contributed by atoms with E-state index >= 15 is 0 Å². The number of rotatable bonds is 38. The Bertz CT molecular complexity index is 1920. The molecule has 0 saturated carbocycles. The number of carbonyl (C=O) groups excluding carboxylic acids is 9. The standard InChI is InChI=1S/C47H86N14O12S2/c1-7-27(4)37(60-38(64)28(49)17-22-74-5)44(70)59-34(25-62)42(68)58-33(24-26(2)3)41(67)55-30(18-23-75-6)40(66)54-29(12-8-9-19-48)39(65)56-31(13-10-20-53-47(51)52)45(71)61-21-11-14-35(61)43(69)57-32(46(72)73)15-16-36(50)63/h26-35,37,62H,7-25,48-49H2,1-6H3,(H2,50,63)(H,54,66)(H,55,67)(H,56,65)(H,57,69)(H,58,68)(H,59,70)(H,60,64)(H,72,73)(H4,51,52,53)/t27-,28-,29-,30-,31-,32-,33-,34-,35-,37-/m0/s1. The molecule has 19 N–H and O–H groups in total. The molecule has 0 aliphatic carbocycles. The lowest BCUT2D eigenvalue weighted by Gasteiger charge is -2.31. The molecule has 1 fully saturated rings. The van der Waals surface area contributed by atoms with Crippen molar-refractivity contribution in [2.75, 3.05) is 50.3 Å². The summed E-state index contributed by atoms with van der Waals surface area (Å²) < 4.78 is 0. The van der Waals surface area contributed by atoms with Gasteiger partial charge in [0, 0.05) is 19.5 Å². The van der Waals surface area contributed by atoms with E-state index in [4.69, 9.17) is 28.7 Å². The molecule has 9 amide bonds. The van der Waals surface area contributed by atoms with Gasteiger partial charge in [-0.15, -0.1) is 0 Å². The molecule has 0 unspecified atom stereocenters. The zero-order valence-corrected chi connectivity index (χ0v) is 46.0. The van der Waals surface area contributed by atoms with E-state index in [1.54, 1.807) is 27.0 Å². The second-order valence-electron chi connectivity index (χ2n) is 19.0. The molecule has 0 bridgehead atoms. The number of aliphatic carboxylic acids is 1. The monoisotopic (exact) mass is 1100 g/mol. The van der Waals surface area contributed by atoms with E-state index in [1.807, 2.05) is 13.2 Å². The molecule has 1 saturated heterocycles. The Morgan fingerprint density at radius 1 is 0.667 bits per heavy atom. The van der Waals surface area contributed by atoms with Crippen molar-refractivity contribution >= 4 is 88.6 Å². The Kier molecular flexibility index (Phi) is 32.9. The summed E-state index contributed by atoms with van der Waals surface area (Å²) in [4.78, 5) is 139. The SMILES string of the molecule is CC[C@H](C)[C@H](NC(=O)[C@@H](N)CCSC)C(=O)N[C@@H](CO)C(=O)N[C@@H](CC(C)C)C(=O)N[C@@H](CCSC)C(=O)N[C@@H](CCCCN)C(=O)N[C@@H](CCCN=C(N)N)C(=O)N1CCC[C@H]1C(=O)N[C@@H](CCC(N)=O)C(=O)O. The summed E-state index contributed by atoms with van der Waals surface area (Å²) in [5, 5.41) is 38.3. The highest BCUT2D eigenvalue weighted by Crippen LogP contribution is 2.21. The maximum absolute atomic E-state index is 14.3. The minimum Gasteiger partial charge on any atom is -0.480 e. The van der Waals surface area contributed by atoms with E-state index in [1.165, 1.54) is 28.4 Å². The van der Waals surface area contributed by atoms with Crippen molar-refractivity contribution in [3.05, 3.63) is 0 Å². The molecular weight excluding hydrogens is 1020 g/mol. The summed E-state index contributed by atoms with van der Waals surface area (Å²) in [5.74, 6) is -7.93. The third kappa shape index (κ3) is 25.3. The zero-order chi connectivity index (χ0) is 56.8. The Hall–Kier alpha value is -5.45. The van der Waals surface area contributed by atoms with E-state index in [0.29, 0.717) is 43.6 Å². The molecule has 0 radical (unpaired) electrons. The molecule has 0 aromatic heterocycles. The number of hydrogen-bond donors (Lipinski definition) is 14. The van der Waals surface area contributed by atoms with Crippen molar-refractivity contribution in [1.29, 1.82) is 0 Å². The smallest absolute Gasteiger partial charge is 0.326 e. The summed E-state index contributed by atoms with van der Waals surface area (Å²) in [6, 6.07) is -11.2. The number of guanidine groups is 1. The number of carbonyl (C=O) groups is 10. The van der Waals surface area contributed by atoms with Gasteiger partial charge in [0.1, 0.15) is 48.3 Å². The Labute approximate surface area is 448 Å². The largest absolute Gasteiger partial charge is 0.480 e. The predicted octanol–water partition coefficient (Wildman–Crippen LogP) is -3.18. The summed E-state index contributed by atoms with van der Waals surface area (Å²) in [6.45, 7) is 6.70. The van der Waals surface area contributed by atoms with E-state index in [0.717, 1.165) is 0 Å². The third-order valence-electron chi connectivity index (χ3n) is 12.4. The van der Waals surface area contributed by atoms with Crippen molar-refractivity contribution in [2.45, 2.75) is 166 Å². The van der Waals surface area contributed by atoms with Crippen LogP contribution in [0, 0.1) is 11.8 Å². The van der Waals surface area contributed by atoms with E-state index in [-0.39, 0.29) is 82.9 Å². The molecule has 28 heteroatoms. The lowest BCUT2D eigenvalue weighted by molar-refractivity contribution is -0.145. The fourth-order valence-electron chi connectivity index (χ4n) is 7.93. The van der Waals surface area contributed by atoms with Crippen LogP contribution in [0.15, 0.2) is 4.99 Å². The number of nitrogens with zero attached hydrogens (tertiary/aromatic N) is 2. The first kappa shape index (κ1) is 67.6. The molecule has 0 aromatic rings. The van der Waals surface area contributed by atoms with Crippen LogP contribution in [0.3, 0.4) is 0 Å². The first-order valence-corrected chi connectivity index (χ1v) is 28.3. The Balaban J connectivity index is 3.46. The molecule has 1 aliphatic rings. The molecule has 0 aromatic carbocycles. The van der Waals surface area contributed by atoms with Crippen LogP contribution in [0.5, 0.6) is 0 Å². The van der Waals surface area contributed by atoms with Crippen molar-refractivity contribution in [1.82, 2.24) is 42.1 Å². The minimum atomic E-state index is -1.54. The molecule has 1 heterocycles. The van der Waals surface area contributed by atoms with Gasteiger partial charge in [0.2, 0.25) is 53.2 Å². The fourth-order valence-corrected chi connectivity index (χ4v) is 8.89. The number of unbranched alkanes of at least 4 members (excludes halogenated alkanes) is 1. The van der Waals surface area contributed by atoms with E-state index < -0.39 is 126 Å². The first-order chi connectivity index (χ1) is 35.5. The quantitative estimate of drug-likeness (QED) is 0.0165. The molecule has 75 heavy (non-hydrogen) atoms. The Morgan fingerprint density at radius 2 is 1.21 bits per heavy atom. The number of hydrogen-bond acceptors (Lipinski definition) is 16. The summed E-state index contributed by atoms with van der Waals surface area (Å²) in [7, 11) is 0. The van der Waals surface area contributed by atoms with Crippen molar-refractivity contribution in [3.8, 4) is 0 Å². The number of likely N-dealkylation sites (tertiary alicyclic amines) is 1. The van der Waals surface area contributed by atoms with E-state index in [2.05, 4.69) is 42.2 Å². The lowest BCUT2D eigenvalue weighted by atomic mass is 9.97. The van der Waals surface area contributed by atoms with Gasteiger partial charge in [-0.3, -0.25) is 48.1 Å². The zero-order valence-electron chi connectivity index (χ0n) is 44.4. The van der Waals surface area contributed by atoms with Gasteiger partial charge in [0.05, 0.1) is 12.6 Å². The second kappa shape index (κ2) is 36.5. The van der Waals surface area contributed by atoms with Crippen LogP contribution in [-0.4, -0.2) is 185 Å². The van der Waals surface area contributed by atoms with Crippen molar-refractivity contribution < 1.29 is 58.2 Å². The number of primary amides is 1. The molecule has 1 rings (SSSR count). The van der Waals surface area contributed by atoms with Crippen LogP contribution in [0.4, 0.5) is 0 Å². The van der Waals surface area contributed by atoms with Gasteiger partial charge in [-0.2, -0.15) is 23.5 Å².